The van der Waals surface area contributed by atoms with E-state index in [9.17, 15) is 9.59 Å². The van der Waals surface area contributed by atoms with E-state index < -0.39 is 0 Å². The fourth-order valence-corrected chi connectivity index (χ4v) is 3.33. The quantitative estimate of drug-likeness (QED) is 0.766. The van der Waals surface area contributed by atoms with Crippen LogP contribution in [0.4, 0.5) is 0 Å². The molecule has 2 aliphatic heterocycles. The summed E-state index contributed by atoms with van der Waals surface area (Å²) in [5.41, 5.74) is 0. The van der Waals surface area contributed by atoms with E-state index in [-0.39, 0.29) is 30.4 Å². The molecule has 0 radical (unpaired) electrons. The Morgan fingerprint density at radius 2 is 2.00 bits per heavy atom. The number of hydrogen-bond donors (Lipinski definition) is 0. The number of fused-ring (bicyclic) bond motifs is 1. The molecule has 4 nitrogen and oxygen atoms in total. The Hall–Kier alpha value is -1.06. The minimum absolute atomic E-state index is 0.137. The SMILES string of the molecule is CCC(C(C)C)N1CC(=O)N2CCCCC2C1=O. The van der Waals surface area contributed by atoms with Gasteiger partial charge >= 0.3 is 0 Å². The van der Waals surface area contributed by atoms with Crippen LogP contribution in [-0.2, 0) is 9.59 Å². The van der Waals surface area contributed by atoms with Crippen LogP contribution in [0, 0.1) is 5.92 Å². The van der Waals surface area contributed by atoms with Gasteiger partial charge in [0, 0.05) is 12.6 Å². The molecule has 0 spiro atoms. The highest BCUT2D eigenvalue weighted by molar-refractivity contribution is 5.95. The summed E-state index contributed by atoms with van der Waals surface area (Å²) < 4.78 is 0. The summed E-state index contributed by atoms with van der Waals surface area (Å²) >= 11 is 0. The number of hydrogen-bond acceptors (Lipinski definition) is 2. The van der Waals surface area contributed by atoms with Gasteiger partial charge in [0.25, 0.3) is 0 Å². The van der Waals surface area contributed by atoms with E-state index in [2.05, 4.69) is 20.8 Å². The van der Waals surface area contributed by atoms with Crippen molar-refractivity contribution in [1.29, 1.82) is 0 Å². The summed E-state index contributed by atoms with van der Waals surface area (Å²) in [6, 6.07) is 0.0262. The van der Waals surface area contributed by atoms with Gasteiger partial charge in [-0.2, -0.15) is 0 Å². The maximum absolute atomic E-state index is 12.5. The van der Waals surface area contributed by atoms with Crippen molar-refractivity contribution in [2.45, 2.75) is 58.5 Å². The number of rotatable bonds is 3. The van der Waals surface area contributed by atoms with Crippen molar-refractivity contribution in [2.24, 2.45) is 5.92 Å². The highest BCUT2D eigenvalue weighted by Crippen LogP contribution is 2.26. The Labute approximate surface area is 109 Å². The molecule has 0 aromatic heterocycles. The largest absolute Gasteiger partial charge is 0.329 e. The van der Waals surface area contributed by atoms with Gasteiger partial charge < -0.3 is 9.80 Å². The van der Waals surface area contributed by atoms with Gasteiger partial charge in [0.15, 0.2) is 0 Å². The fourth-order valence-electron chi connectivity index (χ4n) is 3.33. The predicted octanol–water partition coefficient (Wildman–Crippen LogP) is 1.64. The van der Waals surface area contributed by atoms with Gasteiger partial charge in [-0.05, 0) is 31.6 Å². The second-order valence-electron chi connectivity index (χ2n) is 5.78. The van der Waals surface area contributed by atoms with E-state index in [1.807, 2.05) is 4.90 Å². The molecule has 0 aromatic rings. The van der Waals surface area contributed by atoms with Gasteiger partial charge in [-0.1, -0.05) is 20.8 Å². The van der Waals surface area contributed by atoms with Gasteiger partial charge in [0.1, 0.15) is 12.6 Å². The van der Waals surface area contributed by atoms with E-state index in [1.165, 1.54) is 0 Å². The molecule has 2 heterocycles. The number of piperazine rings is 1. The van der Waals surface area contributed by atoms with Crippen LogP contribution in [0.15, 0.2) is 0 Å². The van der Waals surface area contributed by atoms with Crippen LogP contribution >= 0.6 is 0 Å². The van der Waals surface area contributed by atoms with Gasteiger partial charge in [-0.25, -0.2) is 0 Å². The highest BCUT2D eigenvalue weighted by atomic mass is 16.2. The first-order valence-corrected chi connectivity index (χ1v) is 7.16. The Kier molecular flexibility index (Phi) is 3.93. The zero-order chi connectivity index (χ0) is 13.3. The minimum Gasteiger partial charge on any atom is -0.329 e. The lowest BCUT2D eigenvalue weighted by atomic mass is 9.93. The van der Waals surface area contributed by atoms with Crippen molar-refractivity contribution in [3.63, 3.8) is 0 Å². The van der Waals surface area contributed by atoms with Gasteiger partial charge in [-0.15, -0.1) is 0 Å². The molecule has 2 saturated heterocycles. The smallest absolute Gasteiger partial charge is 0.246 e. The van der Waals surface area contributed by atoms with Crippen LogP contribution in [0.3, 0.4) is 0 Å². The van der Waals surface area contributed by atoms with Crippen molar-refractivity contribution in [3.05, 3.63) is 0 Å². The number of nitrogens with zero attached hydrogens (tertiary/aromatic N) is 2. The first-order valence-electron chi connectivity index (χ1n) is 7.16. The first kappa shape index (κ1) is 13.4. The molecule has 4 heteroatoms. The van der Waals surface area contributed by atoms with E-state index in [4.69, 9.17) is 0 Å². The summed E-state index contributed by atoms with van der Waals surface area (Å²) in [6.07, 6.45) is 3.86. The monoisotopic (exact) mass is 252 g/mol. The molecular formula is C14H24N2O2. The Morgan fingerprint density at radius 3 is 2.61 bits per heavy atom. The van der Waals surface area contributed by atoms with Crippen LogP contribution in [0.5, 0.6) is 0 Å². The van der Waals surface area contributed by atoms with Gasteiger partial charge in [0.2, 0.25) is 11.8 Å². The Balaban J connectivity index is 2.18. The second kappa shape index (κ2) is 5.29. The molecule has 2 rings (SSSR count). The Morgan fingerprint density at radius 1 is 1.28 bits per heavy atom. The summed E-state index contributed by atoms with van der Waals surface area (Å²) in [5, 5.41) is 0. The predicted molar refractivity (Wildman–Crippen MR) is 70.0 cm³/mol. The van der Waals surface area contributed by atoms with Gasteiger partial charge in [0.05, 0.1) is 0 Å². The number of amides is 2. The third-order valence-corrected chi connectivity index (χ3v) is 4.29. The third kappa shape index (κ3) is 2.25. The van der Waals surface area contributed by atoms with Crippen LogP contribution in [0.25, 0.3) is 0 Å². The van der Waals surface area contributed by atoms with Crippen LogP contribution in [0.2, 0.25) is 0 Å². The van der Waals surface area contributed by atoms with E-state index >= 15 is 0 Å². The van der Waals surface area contributed by atoms with Crippen LogP contribution in [0.1, 0.15) is 46.5 Å². The molecule has 2 atom stereocenters. The second-order valence-corrected chi connectivity index (χ2v) is 5.78. The lowest BCUT2D eigenvalue weighted by Crippen LogP contribution is -2.63. The molecule has 2 aliphatic rings. The van der Waals surface area contributed by atoms with Crippen molar-refractivity contribution >= 4 is 11.8 Å². The van der Waals surface area contributed by atoms with Crippen molar-refractivity contribution < 1.29 is 9.59 Å². The molecule has 2 unspecified atom stereocenters. The number of carbonyl (C=O) groups excluding carboxylic acids is 2. The van der Waals surface area contributed by atoms with Crippen LogP contribution in [-0.4, -0.2) is 46.8 Å². The molecule has 0 aromatic carbocycles. The molecule has 2 fully saturated rings. The zero-order valence-electron chi connectivity index (χ0n) is 11.7. The average Bonchev–Trinajstić information content (AvgIpc) is 2.36. The molecule has 18 heavy (non-hydrogen) atoms. The Bertz CT molecular complexity index is 341. The standard InChI is InChI=1S/C14H24N2O2/c1-4-11(10(2)3)16-9-13(17)15-8-6-5-7-12(15)14(16)18/h10-12H,4-9H2,1-3H3. The van der Waals surface area contributed by atoms with E-state index in [0.29, 0.717) is 5.92 Å². The molecule has 0 bridgehead atoms. The molecular weight excluding hydrogens is 228 g/mol. The summed E-state index contributed by atoms with van der Waals surface area (Å²) in [6.45, 7) is 7.39. The summed E-state index contributed by atoms with van der Waals surface area (Å²) in [7, 11) is 0. The molecule has 2 amide bonds. The molecule has 0 aliphatic carbocycles. The van der Waals surface area contributed by atoms with Crippen molar-refractivity contribution in [3.8, 4) is 0 Å². The van der Waals surface area contributed by atoms with E-state index in [1.54, 1.807) is 4.90 Å². The third-order valence-electron chi connectivity index (χ3n) is 4.29. The normalized spacial score (nSPS) is 26.6. The highest BCUT2D eigenvalue weighted by Gasteiger charge is 2.42. The summed E-state index contributed by atoms with van der Waals surface area (Å²) in [5.74, 6) is 0.718. The molecule has 0 N–H and O–H groups in total. The van der Waals surface area contributed by atoms with Gasteiger partial charge in [-0.3, -0.25) is 9.59 Å². The lowest BCUT2D eigenvalue weighted by molar-refractivity contribution is -0.161. The van der Waals surface area contributed by atoms with Crippen molar-refractivity contribution in [1.82, 2.24) is 9.80 Å². The average molecular weight is 252 g/mol. The van der Waals surface area contributed by atoms with Crippen LogP contribution < -0.4 is 0 Å². The van der Waals surface area contributed by atoms with Crippen molar-refractivity contribution in [2.75, 3.05) is 13.1 Å². The maximum atomic E-state index is 12.5. The molecule has 0 saturated carbocycles. The first-order chi connectivity index (χ1) is 8.56. The minimum atomic E-state index is -0.173. The topological polar surface area (TPSA) is 40.6 Å². The number of carbonyl (C=O) groups is 2. The zero-order valence-corrected chi connectivity index (χ0v) is 11.7. The maximum Gasteiger partial charge on any atom is 0.246 e. The number of piperidine rings is 1. The molecule has 102 valence electrons. The summed E-state index contributed by atoms with van der Waals surface area (Å²) in [4.78, 5) is 28.3. The lowest BCUT2D eigenvalue weighted by Gasteiger charge is -2.46. The van der Waals surface area contributed by atoms with E-state index in [0.717, 1.165) is 32.2 Å². The fraction of sp³-hybridized carbons (Fsp3) is 0.857.